The van der Waals surface area contributed by atoms with E-state index >= 15 is 0 Å². The number of hydrogen-bond acceptors (Lipinski definition) is 5. The first-order valence-corrected chi connectivity index (χ1v) is 11.3. The lowest BCUT2D eigenvalue weighted by Crippen LogP contribution is -2.38. The van der Waals surface area contributed by atoms with Crippen LogP contribution in [-0.2, 0) is 6.54 Å². The molecule has 0 atom stereocenters. The number of aryl methyl sites for hydroxylation is 1. The normalized spacial score (nSPS) is 19.0. The van der Waals surface area contributed by atoms with Crippen molar-refractivity contribution in [2.75, 3.05) is 13.1 Å². The topological polar surface area (TPSA) is 56.1 Å². The highest BCUT2D eigenvalue weighted by Gasteiger charge is 2.27. The Bertz CT molecular complexity index is 1000. The fraction of sp³-hybridized carbons (Fsp3) is 0.542. The first-order valence-electron chi connectivity index (χ1n) is 11.3. The van der Waals surface area contributed by atoms with Gasteiger partial charge in [-0.25, -0.2) is 9.97 Å². The van der Waals surface area contributed by atoms with Crippen LogP contribution in [0.4, 0.5) is 0 Å². The van der Waals surface area contributed by atoms with Crippen molar-refractivity contribution in [1.82, 2.24) is 24.4 Å². The van der Waals surface area contributed by atoms with E-state index in [0.717, 1.165) is 49.4 Å². The third kappa shape index (κ3) is 3.69. The Labute approximate surface area is 178 Å². The zero-order valence-electron chi connectivity index (χ0n) is 18.0. The third-order valence-electron chi connectivity index (χ3n) is 6.93. The quantitative estimate of drug-likeness (QED) is 0.621. The van der Waals surface area contributed by atoms with Gasteiger partial charge < -0.3 is 9.30 Å². The minimum Gasteiger partial charge on any atom is -0.474 e. The minimum absolute atomic E-state index is 0.211. The molecule has 30 heavy (non-hydrogen) atoms. The highest BCUT2D eigenvalue weighted by Crippen LogP contribution is 2.38. The molecule has 6 heteroatoms. The summed E-state index contributed by atoms with van der Waals surface area (Å²) in [6, 6.07) is 4.72. The summed E-state index contributed by atoms with van der Waals surface area (Å²) < 4.78 is 8.92. The van der Waals surface area contributed by atoms with Gasteiger partial charge in [0.15, 0.2) is 0 Å². The van der Waals surface area contributed by atoms with Crippen molar-refractivity contribution in [2.24, 2.45) is 0 Å². The lowest BCUT2D eigenvalue weighted by atomic mass is 10.1. The fourth-order valence-electron chi connectivity index (χ4n) is 5.18. The number of nitrogens with zero attached hydrogens (tertiary/aromatic N) is 5. The molecule has 1 aliphatic heterocycles. The van der Waals surface area contributed by atoms with Crippen molar-refractivity contribution in [3.63, 3.8) is 0 Å². The molecular weight excluding hydrogens is 374 g/mol. The molecule has 0 radical (unpaired) electrons. The Balaban J connectivity index is 1.31. The van der Waals surface area contributed by atoms with Crippen molar-refractivity contribution < 1.29 is 4.74 Å². The molecular formula is C24H31N5O. The van der Waals surface area contributed by atoms with Gasteiger partial charge in [0, 0.05) is 43.8 Å². The van der Waals surface area contributed by atoms with E-state index in [1.807, 2.05) is 18.5 Å². The van der Waals surface area contributed by atoms with Gasteiger partial charge in [0.25, 0.3) is 0 Å². The Morgan fingerprint density at radius 2 is 1.87 bits per heavy atom. The second kappa shape index (κ2) is 8.34. The molecule has 2 aliphatic rings. The SMILES string of the molecule is Cc1c(C)n(C2CCCC2)c2ncnc(OC3CCN(Cc4cccnc4)CC3)c12. The molecule has 1 saturated carbocycles. The molecule has 3 aromatic rings. The summed E-state index contributed by atoms with van der Waals surface area (Å²) in [5, 5.41) is 1.11. The standard InChI is InChI=1S/C24H31N5O/c1-17-18(2)29(20-7-3-4-8-20)23-22(17)24(27-16-26-23)30-21-9-12-28(13-10-21)15-19-6-5-11-25-14-19/h5-6,11,14,16,20-21H,3-4,7-10,12-13,15H2,1-2H3. The van der Waals surface area contributed by atoms with E-state index in [1.54, 1.807) is 6.33 Å². The van der Waals surface area contributed by atoms with Crippen LogP contribution < -0.4 is 4.74 Å². The lowest BCUT2D eigenvalue weighted by Gasteiger charge is -2.31. The van der Waals surface area contributed by atoms with E-state index in [1.165, 1.54) is 42.5 Å². The summed E-state index contributed by atoms with van der Waals surface area (Å²) in [5.41, 5.74) is 4.90. The van der Waals surface area contributed by atoms with Gasteiger partial charge in [0.05, 0.1) is 5.39 Å². The van der Waals surface area contributed by atoms with E-state index in [4.69, 9.17) is 4.74 Å². The number of piperidine rings is 1. The summed E-state index contributed by atoms with van der Waals surface area (Å²) in [5.74, 6) is 0.767. The molecule has 4 heterocycles. The summed E-state index contributed by atoms with van der Waals surface area (Å²) in [6.45, 7) is 7.44. The van der Waals surface area contributed by atoms with Crippen molar-refractivity contribution in [2.45, 2.75) is 71.1 Å². The number of likely N-dealkylation sites (tertiary alicyclic amines) is 1. The Kier molecular flexibility index (Phi) is 5.42. The van der Waals surface area contributed by atoms with Gasteiger partial charge in [0.2, 0.25) is 5.88 Å². The number of aromatic nitrogens is 4. The van der Waals surface area contributed by atoms with Crippen LogP contribution in [0.25, 0.3) is 11.0 Å². The third-order valence-corrected chi connectivity index (χ3v) is 6.93. The minimum atomic E-state index is 0.211. The van der Waals surface area contributed by atoms with Gasteiger partial charge in [-0.3, -0.25) is 9.88 Å². The maximum Gasteiger partial charge on any atom is 0.226 e. The van der Waals surface area contributed by atoms with Gasteiger partial charge in [-0.05, 0) is 56.7 Å². The van der Waals surface area contributed by atoms with Gasteiger partial charge in [-0.2, -0.15) is 0 Å². The maximum atomic E-state index is 6.48. The van der Waals surface area contributed by atoms with Gasteiger partial charge in [-0.1, -0.05) is 18.9 Å². The number of fused-ring (bicyclic) bond motifs is 1. The molecule has 6 nitrogen and oxygen atoms in total. The summed E-state index contributed by atoms with van der Waals surface area (Å²) in [4.78, 5) is 16.0. The molecule has 0 bridgehead atoms. The molecule has 2 fully saturated rings. The van der Waals surface area contributed by atoms with Crippen LogP contribution in [0.3, 0.4) is 0 Å². The molecule has 0 N–H and O–H groups in total. The monoisotopic (exact) mass is 405 g/mol. The van der Waals surface area contributed by atoms with Crippen molar-refractivity contribution >= 4 is 11.0 Å². The highest BCUT2D eigenvalue weighted by atomic mass is 16.5. The van der Waals surface area contributed by atoms with E-state index in [0.29, 0.717) is 6.04 Å². The Morgan fingerprint density at radius 1 is 1.07 bits per heavy atom. The van der Waals surface area contributed by atoms with Gasteiger partial charge >= 0.3 is 0 Å². The van der Waals surface area contributed by atoms with Crippen LogP contribution in [0, 0.1) is 13.8 Å². The zero-order chi connectivity index (χ0) is 20.5. The average molecular weight is 406 g/mol. The van der Waals surface area contributed by atoms with Crippen molar-refractivity contribution in [3.8, 4) is 5.88 Å². The molecule has 0 unspecified atom stereocenters. The molecule has 158 valence electrons. The Hall–Kier alpha value is -2.47. The van der Waals surface area contributed by atoms with Crippen LogP contribution in [0.5, 0.6) is 5.88 Å². The number of rotatable bonds is 5. The van der Waals surface area contributed by atoms with Gasteiger partial charge in [-0.15, -0.1) is 0 Å². The lowest BCUT2D eigenvalue weighted by molar-refractivity contribution is 0.0944. The average Bonchev–Trinajstić information content (AvgIpc) is 3.38. The van der Waals surface area contributed by atoms with Crippen LogP contribution in [0.15, 0.2) is 30.9 Å². The summed E-state index contributed by atoms with van der Waals surface area (Å²) in [7, 11) is 0. The number of hydrogen-bond donors (Lipinski definition) is 0. The molecule has 1 saturated heterocycles. The first-order chi connectivity index (χ1) is 14.7. The van der Waals surface area contributed by atoms with Crippen LogP contribution >= 0.6 is 0 Å². The van der Waals surface area contributed by atoms with Crippen LogP contribution in [-0.4, -0.2) is 43.6 Å². The summed E-state index contributed by atoms with van der Waals surface area (Å²) in [6.07, 6.45) is 12.8. The molecule has 1 aliphatic carbocycles. The second-order valence-electron chi connectivity index (χ2n) is 8.85. The van der Waals surface area contributed by atoms with Crippen molar-refractivity contribution in [3.05, 3.63) is 47.7 Å². The van der Waals surface area contributed by atoms with E-state index in [-0.39, 0.29) is 6.10 Å². The summed E-state index contributed by atoms with van der Waals surface area (Å²) >= 11 is 0. The molecule has 0 amide bonds. The predicted molar refractivity (Wildman–Crippen MR) is 118 cm³/mol. The molecule has 5 rings (SSSR count). The number of pyridine rings is 1. The second-order valence-corrected chi connectivity index (χ2v) is 8.85. The first kappa shape index (κ1) is 19.5. The smallest absolute Gasteiger partial charge is 0.226 e. The van der Waals surface area contributed by atoms with Crippen molar-refractivity contribution in [1.29, 1.82) is 0 Å². The maximum absolute atomic E-state index is 6.48. The molecule has 0 aromatic carbocycles. The predicted octanol–water partition coefficient (Wildman–Crippen LogP) is 4.60. The number of ether oxygens (including phenoxy) is 1. The Morgan fingerprint density at radius 3 is 2.60 bits per heavy atom. The fourth-order valence-corrected chi connectivity index (χ4v) is 5.18. The largest absolute Gasteiger partial charge is 0.474 e. The van der Waals surface area contributed by atoms with E-state index in [9.17, 15) is 0 Å². The molecule has 3 aromatic heterocycles. The molecule has 0 spiro atoms. The van der Waals surface area contributed by atoms with Crippen LogP contribution in [0.2, 0.25) is 0 Å². The van der Waals surface area contributed by atoms with Gasteiger partial charge in [0.1, 0.15) is 18.1 Å². The van der Waals surface area contributed by atoms with E-state index in [2.05, 4.69) is 44.3 Å². The zero-order valence-corrected chi connectivity index (χ0v) is 18.0. The highest BCUT2D eigenvalue weighted by molar-refractivity contribution is 5.86. The van der Waals surface area contributed by atoms with E-state index < -0.39 is 0 Å². The van der Waals surface area contributed by atoms with Crippen LogP contribution in [0.1, 0.15) is 61.4 Å².